The largest absolute Gasteiger partial charge is 0.492 e. The van der Waals surface area contributed by atoms with Crippen molar-refractivity contribution in [1.82, 2.24) is 4.31 Å². The molecular weight excluding hydrogens is 432 g/mol. The predicted octanol–water partition coefficient (Wildman–Crippen LogP) is 4.26. The maximum absolute atomic E-state index is 13.2. The second-order valence-corrected chi connectivity index (χ2v) is 8.88. The fourth-order valence-electron chi connectivity index (χ4n) is 3.52. The van der Waals surface area contributed by atoms with Gasteiger partial charge in [-0.15, -0.1) is 0 Å². The Balaban J connectivity index is 2.00. The first-order chi connectivity index (χ1) is 15.4. The van der Waals surface area contributed by atoms with Crippen LogP contribution in [0.25, 0.3) is 11.0 Å². The van der Waals surface area contributed by atoms with Crippen LogP contribution in [0.1, 0.15) is 36.9 Å². The standard InChI is InChI=1S/C23H28N2O6S/c1-5-25(6-2)32(27,28)21-14-16(12-13-20(21)30-7-3)24-23(26)22-18(15-29-4)17-10-8-9-11-19(17)31-22/h8-14H,5-7,15H2,1-4H3,(H,24,26). The molecule has 2 aromatic carbocycles. The summed E-state index contributed by atoms with van der Waals surface area (Å²) in [6.45, 7) is 6.47. The summed E-state index contributed by atoms with van der Waals surface area (Å²) in [5, 5.41) is 3.54. The Hall–Kier alpha value is -2.88. The molecular formula is C23H28N2O6S. The quantitative estimate of drug-likeness (QED) is 0.485. The SMILES string of the molecule is CCOc1ccc(NC(=O)c2oc3ccccc3c2COC)cc1S(=O)(=O)N(CC)CC. The van der Waals surface area contributed by atoms with Gasteiger partial charge in [0.2, 0.25) is 10.0 Å². The smallest absolute Gasteiger partial charge is 0.291 e. The molecule has 9 heteroatoms. The minimum Gasteiger partial charge on any atom is -0.492 e. The van der Waals surface area contributed by atoms with E-state index in [4.69, 9.17) is 13.9 Å². The number of amides is 1. The summed E-state index contributed by atoms with van der Waals surface area (Å²) in [5.74, 6) is -0.139. The van der Waals surface area contributed by atoms with Gasteiger partial charge in [-0.3, -0.25) is 4.79 Å². The number of benzene rings is 2. The molecule has 1 N–H and O–H groups in total. The Morgan fingerprint density at radius 1 is 1.09 bits per heavy atom. The van der Waals surface area contributed by atoms with Gasteiger partial charge in [0.25, 0.3) is 5.91 Å². The molecule has 3 rings (SSSR count). The van der Waals surface area contributed by atoms with Gasteiger partial charge in [-0.05, 0) is 31.2 Å². The molecule has 0 saturated carbocycles. The molecule has 0 saturated heterocycles. The van der Waals surface area contributed by atoms with Crippen LogP contribution in [0, 0.1) is 0 Å². The lowest BCUT2D eigenvalue weighted by Gasteiger charge is -2.21. The van der Waals surface area contributed by atoms with Gasteiger partial charge in [0.1, 0.15) is 16.2 Å². The fourth-order valence-corrected chi connectivity index (χ4v) is 5.14. The number of ether oxygens (including phenoxy) is 2. The fraction of sp³-hybridized carbons (Fsp3) is 0.348. The zero-order valence-corrected chi connectivity index (χ0v) is 19.5. The molecule has 0 aliphatic heterocycles. The molecule has 0 atom stereocenters. The first-order valence-electron chi connectivity index (χ1n) is 10.4. The van der Waals surface area contributed by atoms with Crippen LogP contribution < -0.4 is 10.1 Å². The highest BCUT2D eigenvalue weighted by atomic mass is 32.2. The summed E-state index contributed by atoms with van der Waals surface area (Å²) < 4.78 is 44.2. The Morgan fingerprint density at radius 3 is 2.47 bits per heavy atom. The van der Waals surface area contributed by atoms with E-state index in [1.165, 1.54) is 10.4 Å². The van der Waals surface area contributed by atoms with E-state index in [0.717, 1.165) is 5.39 Å². The molecule has 0 spiro atoms. The lowest BCUT2D eigenvalue weighted by molar-refractivity contribution is 0.0992. The highest BCUT2D eigenvalue weighted by Gasteiger charge is 2.27. The van der Waals surface area contributed by atoms with E-state index < -0.39 is 15.9 Å². The highest BCUT2D eigenvalue weighted by molar-refractivity contribution is 7.89. The Labute approximate surface area is 188 Å². The van der Waals surface area contributed by atoms with Crippen molar-refractivity contribution in [3.05, 3.63) is 53.8 Å². The monoisotopic (exact) mass is 460 g/mol. The van der Waals surface area contributed by atoms with Crippen LogP contribution >= 0.6 is 0 Å². The van der Waals surface area contributed by atoms with Crippen molar-refractivity contribution in [3.8, 4) is 5.75 Å². The van der Waals surface area contributed by atoms with Crippen molar-refractivity contribution in [3.63, 3.8) is 0 Å². The van der Waals surface area contributed by atoms with Crippen molar-refractivity contribution >= 4 is 32.6 Å². The minimum absolute atomic E-state index is 0.00238. The van der Waals surface area contributed by atoms with Crippen LogP contribution in [0.2, 0.25) is 0 Å². The van der Waals surface area contributed by atoms with Crippen molar-refractivity contribution in [2.24, 2.45) is 0 Å². The van der Waals surface area contributed by atoms with Crippen LogP contribution in [-0.2, 0) is 21.4 Å². The van der Waals surface area contributed by atoms with Gasteiger partial charge in [-0.2, -0.15) is 4.31 Å². The van der Waals surface area contributed by atoms with Gasteiger partial charge >= 0.3 is 0 Å². The molecule has 0 bridgehead atoms. The van der Waals surface area contributed by atoms with E-state index >= 15 is 0 Å². The summed E-state index contributed by atoms with van der Waals surface area (Å²) >= 11 is 0. The first-order valence-corrected chi connectivity index (χ1v) is 11.9. The third kappa shape index (κ3) is 4.64. The molecule has 0 aliphatic carbocycles. The number of sulfonamides is 1. The number of carbonyl (C=O) groups is 1. The number of para-hydroxylation sites is 1. The number of furan rings is 1. The minimum atomic E-state index is -3.80. The average Bonchev–Trinajstić information content (AvgIpc) is 3.14. The highest BCUT2D eigenvalue weighted by Crippen LogP contribution is 2.31. The van der Waals surface area contributed by atoms with Crippen LogP contribution in [0.5, 0.6) is 5.75 Å². The summed E-state index contributed by atoms with van der Waals surface area (Å²) in [7, 11) is -2.26. The lowest BCUT2D eigenvalue weighted by atomic mass is 10.1. The van der Waals surface area contributed by atoms with Gasteiger partial charge < -0.3 is 19.2 Å². The number of nitrogens with zero attached hydrogens (tertiary/aromatic N) is 1. The predicted molar refractivity (Wildman–Crippen MR) is 123 cm³/mol. The third-order valence-corrected chi connectivity index (χ3v) is 7.09. The van der Waals surface area contributed by atoms with Crippen LogP contribution in [0.4, 0.5) is 5.69 Å². The second-order valence-electron chi connectivity index (χ2n) is 6.98. The summed E-state index contributed by atoms with van der Waals surface area (Å²) in [5.41, 5.74) is 1.51. The van der Waals surface area contributed by atoms with Crippen molar-refractivity contribution < 1.29 is 27.1 Å². The summed E-state index contributed by atoms with van der Waals surface area (Å²) in [4.78, 5) is 13.0. The number of nitrogens with one attached hydrogen (secondary N) is 1. The Kier molecular flexibility index (Phi) is 7.55. The van der Waals surface area contributed by atoms with E-state index in [1.54, 1.807) is 46.1 Å². The zero-order valence-electron chi connectivity index (χ0n) is 18.7. The molecule has 32 heavy (non-hydrogen) atoms. The number of hydrogen-bond donors (Lipinski definition) is 1. The zero-order chi connectivity index (χ0) is 23.3. The van der Waals surface area contributed by atoms with Gasteiger partial charge in [-0.1, -0.05) is 32.0 Å². The number of carbonyl (C=O) groups excluding carboxylic acids is 1. The number of hydrogen-bond acceptors (Lipinski definition) is 6. The molecule has 1 aromatic heterocycles. The van der Waals surface area contributed by atoms with E-state index in [-0.39, 0.29) is 23.0 Å². The van der Waals surface area contributed by atoms with Gasteiger partial charge in [0, 0.05) is 36.8 Å². The molecule has 0 radical (unpaired) electrons. The molecule has 8 nitrogen and oxygen atoms in total. The summed E-state index contributed by atoms with van der Waals surface area (Å²) in [6.07, 6.45) is 0. The van der Waals surface area contributed by atoms with Gasteiger partial charge in [0.05, 0.1) is 13.2 Å². The van der Waals surface area contributed by atoms with Crippen LogP contribution in [0.3, 0.4) is 0 Å². The molecule has 3 aromatic rings. The van der Waals surface area contributed by atoms with E-state index in [1.807, 2.05) is 18.2 Å². The molecule has 1 amide bonds. The number of fused-ring (bicyclic) bond motifs is 1. The van der Waals surface area contributed by atoms with Gasteiger partial charge in [-0.25, -0.2) is 8.42 Å². The van der Waals surface area contributed by atoms with E-state index in [0.29, 0.717) is 36.5 Å². The first kappa shape index (κ1) is 23.8. The molecule has 1 heterocycles. The second kappa shape index (κ2) is 10.2. The maximum atomic E-state index is 13.2. The van der Waals surface area contributed by atoms with Crippen molar-refractivity contribution in [2.75, 3.05) is 32.1 Å². The summed E-state index contributed by atoms with van der Waals surface area (Å²) in [6, 6.07) is 11.9. The van der Waals surface area contributed by atoms with E-state index in [9.17, 15) is 13.2 Å². The van der Waals surface area contributed by atoms with Crippen molar-refractivity contribution in [1.29, 1.82) is 0 Å². The van der Waals surface area contributed by atoms with Gasteiger partial charge in [0.15, 0.2) is 5.76 Å². The molecule has 0 aliphatic rings. The molecule has 0 fully saturated rings. The van der Waals surface area contributed by atoms with E-state index in [2.05, 4.69) is 5.32 Å². The Bertz CT molecular complexity index is 1200. The molecule has 0 unspecified atom stereocenters. The Morgan fingerprint density at radius 2 is 1.81 bits per heavy atom. The van der Waals surface area contributed by atoms with Crippen LogP contribution in [0.15, 0.2) is 51.8 Å². The van der Waals surface area contributed by atoms with Crippen LogP contribution in [-0.4, -0.2) is 45.4 Å². The normalized spacial score (nSPS) is 11.8. The molecule has 172 valence electrons. The average molecular weight is 461 g/mol. The number of rotatable bonds is 10. The lowest BCUT2D eigenvalue weighted by Crippen LogP contribution is -2.31. The topological polar surface area (TPSA) is 98.1 Å². The number of anilines is 1. The van der Waals surface area contributed by atoms with Crippen molar-refractivity contribution in [2.45, 2.75) is 32.3 Å². The maximum Gasteiger partial charge on any atom is 0.291 e. The third-order valence-electron chi connectivity index (χ3n) is 5.02. The number of methoxy groups -OCH3 is 1.